The largest absolute Gasteiger partial charge is 0.339 e. The molecule has 138 valence electrons. The Morgan fingerprint density at radius 3 is 2.33 bits per heavy atom. The van der Waals surface area contributed by atoms with Gasteiger partial charge in [-0.25, -0.2) is 0 Å². The number of allylic oxidation sites excluding steroid dienone is 2. The van der Waals surface area contributed by atoms with Crippen LogP contribution in [0.2, 0.25) is 0 Å². The summed E-state index contributed by atoms with van der Waals surface area (Å²) in [5.74, 6) is -0.163. The van der Waals surface area contributed by atoms with Gasteiger partial charge >= 0.3 is 0 Å². The lowest BCUT2D eigenvalue weighted by molar-refractivity contribution is -0.384. The number of fused-ring (bicyclic) bond motifs is 1. The number of carbonyl (C=O) groups is 2. The van der Waals surface area contributed by atoms with Crippen LogP contribution in [0.3, 0.4) is 0 Å². The number of nitrogens with zero attached hydrogens (tertiary/aromatic N) is 4. The molecule has 0 N–H and O–H groups in total. The number of rotatable bonds is 5. The molecule has 0 radical (unpaired) electrons. The maximum atomic E-state index is 12.4. The van der Waals surface area contributed by atoms with Gasteiger partial charge in [-0.3, -0.25) is 24.6 Å². The van der Waals surface area contributed by atoms with E-state index in [9.17, 15) is 19.7 Å². The highest BCUT2D eigenvalue weighted by atomic mass is 16.6. The summed E-state index contributed by atoms with van der Waals surface area (Å²) in [4.78, 5) is 40.6. The summed E-state index contributed by atoms with van der Waals surface area (Å²) in [6.07, 6.45) is 5.38. The van der Waals surface area contributed by atoms with Gasteiger partial charge in [0.15, 0.2) is 0 Å². The van der Waals surface area contributed by atoms with Crippen molar-refractivity contribution in [2.24, 2.45) is 11.8 Å². The predicted octanol–water partition coefficient (Wildman–Crippen LogP) is 2.14. The number of benzene rings is 1. The fraction of sp³-hybridized carbons (Fsp3) is 0.333. The van der Waals surface area contributed by atoms with Gasteiger partial charge in [0.25, 0.3) is 5.69 Å². The van der Waals surface area contributed by atoms with Gasteiger partial charge in [0.2, 0.25) is 23.5 Å². The summed E-state index contributed by atoms with van der Waals surface area (Å²) in [5, 5.41) is 14.6. The van der Waals surface area contributed by atoms with Gasteiger partial charge in [0.1, 0.15) is 0 Å². The Hall–Kier alpha value is -3.36. The van der Waals surface area contributed by atoms with Crippen molar-refractivity contribution in [2.75, 3.05) is 6.54 Å². The molecule has 2 amide bonds. The van der Waals surface area contributed by atoms with E-state index in [-0.39, 0.29) is 42.3 Å². The minimum atomic E-state index is -0.483. The zero-order chi connectivity index (χ0) is 19.0. The second kappa shape index (κ2) is 6.75. The highest BCUT2D eigenvalue weighted by molar-refractivity contribution is 6.05. The van der Waals surface area contributed by atoms with E-state index in [1.165, 1.54) is 29.2 Å². The number of imide groups is 1. The summed E-state index contributed by atoms with van der Waals surface area (Å²) in [6.45, 7) is 0.201. The molecule has 1 aromatic carbocycles. The lowest BCUT2D eigenvalue weighted by Gasteiger charge is -2.14. The van der Waals surface area contributed by atoms with Crippen molar-refractivity contribution in [3.05, 3.63) is 52.4 Å². The number of hydrogen-bond donors (Lipinski definition) is 0. The van der Waals surface area contributed by atoms with Crippen molar-refractivity contribution >= 4 is 17.5 Å². The van der Waals surface area contributed by atoms with Crippen LogP contribution >= 0.6 is 0 Å². The second-order valence-electron chi connectivity index (χ2n) is 6.55. The molecular formula is C18H16N4O5. The van der Waals surface area contributed by atoms with Crippen molar-refractivity contribution in [1.29, 1.82) is 0 Å². The number of nitro groups is 1. The fourth-order valence-electron chi connectivity index (χ4n) is 3.50. The number of hydrogen-bond acceptors (Lipinski definition) is 7. The molecule has 1 fully saturated rings. The third kappa shape index (κ3) is 3.12. The average molecular weight is 368 g/mol. The van der Waals surface area contributed by atoms with Crippen molar-refractivity contribution in [1.82, 2.24) is 15.0 Å². The van der Waals surface area contributed by atoms with Crippen LogP contribution in [-0.4, -0.2) is 38.3 Å². The summed E-state index contributed by atoms with van der Waals surface area (Å²) < 4.78 is 5.19. The number of carbonyl (C=O) groups excluding carboxylic acids is 2. The Labute approximate surface area is 153 Å². The van der Waals surface area contributed by atoms with Crippen LogP contribution in [0.4, 0.5) is 5.69 Å². The average Bonchev–Trinajstić information content (AvgIpc) is 3.25. The lowest BCUT2D eigenvalue weighted by atomic mass is 9.85. The molecule has 1 aromatic heterocycles. The van der Waals surface area contributed by atoms with E-state index in [1.807, 2.05) is 12.2 Å². The van der Waals surface area contributed by atoms with Crippen LogP contribution in [0, 0.1) is 22.0 Å². The quantitative estimate of drug-likeness (QED) is 0.343. The molecule has 4 rings (SSSR count). The first-order chi connectivity index (χ1) is 13.0. The topological polar surface area (TPSA) is 119 Å². The van der Waals surface area contributed by atoms with Crippen molar-refractivity contribution in [3.8, 4) is 11.4 Å². The molecule has 27 heavy (non-hydrogen) atoms. The lowest BCUT2D eigenvalue weighted by Crippen LogP contribution is -2.33. The van der Waals surface area contributed by atoms with E-state index in [2.05, 4.69) is 10.1 Å². The van der Waals surface area contributed by atoms with Gasteiger partial charge in [0, 0.05) is 30.7 Å². The van der Waals surface area contributed by atoms with E-state index < -0.39 is 4.92 Å². The Morgan fingerprint density at radius 1 is 1.11 bits per heavy atom. The minimum absolute atomic E-state index is 0.0236. The second-order valence-corrected chi connectivity index (χ2v) is 6.55. The molecule has 0 saturated carbocycles. The van der Waals surface area contributed by atoms with Gasteiger partial charge < -0.3 is 4.52 Å². The van der Waals surface area contributed by atoms with Crippen LogP contribution < -0.4 is 0 Å². The molecule has 2 heterocycles. The molecule has 2 aromatic rings. The van der Waals surface area contributed by atoms with E-state index >= 15 is 0 Å². The van der Waals surface area contributed by atoms with E-state index in [0.717, 1.165) is 0 Å². The Morgan fingerprint density at radius 2 is 1.74 bits per heavy atom. The smallest absolute Gasteiger partial charge is 0.269 e. The minimum Gasteiger partial charge on any atom is -0.339 e. The zero-order valence-corrected chi connectivity index (χ0v) is 14.3. The van der Waals surface area contributed by atoms with Gasteiger partial charge in [-0.1, -0.05) is 17.3 Å². The van der Waals surface area contributed by atoms with Gasteiger partial charge in [-0.2, -0.15) is 4.98 Å². The number of non-ortho nitro benzene ring substituents is 1. The van der Waals surface area contributed by atoms with E-state index in [0.29, 0.717) is 30.1 Å². The molecule has 0 spiro atoms. The number of nitro benzene ring substituents is 1. The van der Waals surface area contributed by atoms with Crippen LogP contribution in [0.15, 0.2) is 40.9 Å². The standard InChI is InChI=1S/C18H16N4O5/c23-17-13-3-1-2-4-14(13)18(24)21(17)10-9-15-19-16(20-27-15)11-5-7-12(8-6-11)22(25)26/h1-2,5-8,13-14H,3-4,9-10H2/t13-,14-/m0/s1. The predicted molar refractivity (Wildman–Crippen MR) is 92.2 cm³/mol. The number of amides is 2. The summed E-state index contributed by atoms with van der Waals surface area (Å²) in [6, 6.07) is 5.81. The molecule has 1 saturated heterocycles. The Bertz CT molecular complexity index is 907. The monoisotopic (exact) mass is 368 g/mol. The zero-order valence-electron chi connectivity index (χ0n) is 14.3. The first kappa shape index (κ1) is 17.1. The highest BCUT2D eigenvalue weighted by Crippen LogP contribution is 2.35. The summed E-state index contributed by atoms with van der Waals surface area (Å²) in [7, 11) is 0. The molecule has 9 nitrogen and oxygen atoms in total. The normalized spacial score (nSPS) is 21.6. The van der Waals surface area contributed by atoms with Crippen LogP contribution in [0.1, 0.15) is 18.7 Å². The van der Waals surface area contributed by atoms with E-state index in [4.69, 9.17) is 4.52 Å². The third-order valence-electron chi connectivity index (χ3n) is 4.95. The first-order valence-corrected chi connectivity index (χ1v) is 8.62. The van der Waals surface area contributed by atoms with Crippen molar-refractivity contribution < 1.29 is 19.0 Å². The van der Waals surface area contributed by atoms with Crippen molar-refractivity contribution in [3.63, 3.8) is 0 Å². The van der Waals surface area contributed by atoms with E-state index in [1.54, 1.807) is 0 Å². The maximum Gasteiger partial charge on any atom is 0.269 e. The third-order valence-corrected chi connectivity index (χ3v) is 4.95. The molecular weight excluding hydrogens is 352 g/mol. The van der Waals surface area contributed by atoms with Gasteiger partial charge in [-0.15, -0.1) is 0 Å². The summed E-state index contributed by atoms with van der Waals surface area (Å²) >= 11 is 0. The van der Waals surface area contributed by atoms with Crippen molar-refractivity contribution in [2.45, 2.75) is 19.3 Å². The van der Waals surface area contributed by atoms with Gasteiger partial charge in [0.05, 0.1) is 16.8 Å². The molecule has 0 bridgehead atoms. The number of likely N-dealkylation sites (tertiary alicyclic amines) is 1. The fourth-order valence-corrected chi connectivity index (χ4v) is 3.50. The Kier molecular flexibility index (Phi) is 4.27. The molecule has 2 aliphatic rings. The molecule has 9 heteroatoms. The molecule has 0 unspecified atom stereocenters. The first-order valence-electron chi connectivity index (χ1n) is 8.62. The maximum absolute atomic E-state index is 12.4. The SMILES string of the molecule is O=C1[C@H]2CC=CC[C@@H]2C(=O)N1CCc1nc(-c2ccc([N+](=O)[O-])cc2)no1. The van der Waals surface area contributed by atoms with Crippen LogP contribution in [0.5, 0.6) is 0 Å². The van der Waals surface area contributed by atoms with Crippen LogP contribution in [0.25, 0.3) is 11.4 Å². The summed E-state index contributed by atoms with van der Waals surface area (Å²) in [5.41, 5.74) is 0.561. The van der Waals surface area contributed by atoms with Crippen LogP contribution in [-0.2, 0) is 16.0 Å². The Balaban J connectivity index is 1.42. The highest BCUT2D eigenvalue weighted by Gasteiger charge is 2.46. The number of aromatic nitrogens is 2. The van der Waals surface area contributed by atoms with Gasteiger partial charge in [-0.05, 0) is 25.0 Å². The molecule has 1 aliphatic heterocycles. The molecule has 2 atom stereocenters. The molecule has 1 aliphatic carbocycles.